The number of nitrogens with zero attached hydrogens (tertiary/aromatic N) is 3. The van der Waals surface area contributed by atoms with Crippen LogP contribution in [0.4, 0.5) is 0 Å². The van der Waals surface area contributed by atoms with Gasteiger partial charge in [0.1, 0.15) is 5.65 Å². The van der Waals surface area contributed by atoms with Gasteiger partial charge in [-0.15, -0.1) is 0 Å². The number of hydrogen-bond donors (Lipinski definition) is 2. The summed E-state index contributed by atoms with van der Waals surface area (Å²) >= 11 is 6.24. The van der Waals surface area contributed by atoms with Crippen LogP contribution in [0.5, 0.6) is 0 Å². The first kappa shape index (κ1) is 20.5. The van der Waals surface area contributed by atoms with Crippen LogP contribution in [0, 0.1) is 0 Å². The van der Waals surface area contributed by atoms with Gasteiger partial charge in [0.05, 0.1) is 12.1 Å². The molecule has 1 saturated heterocycles. The summed E-state index contributed by atoms with van der Waals surface area (Å²) in [5, 5.41) is 8.72. The van der Waals surface area contributed by atoms with E-state index in [9.17, 15) is 9.59 Å². The maximum atomic E-state index is 12.6. The minimum Gasteiger partial charge on any atom is -0.383 e. The van der Waals surface area contributed by atoms with Gasteiger partial charge in [-0.25, -0.2) is 0 Å². The Kier molecular flexibility index (Phi) is 5.50. The number of nitrogens with one attached hydrogen (secondary N) is 2. The van der Waals surface area contributed by atoms with Crippen molar-refractivity contribution in [2.75, 3.05) is 26.2 Å². The lowest BCUT2D eigenvalue weighted by atomic mass is 10.0. The van der Waals surface area contributed by atoms with E-state index >= 15 is 0 Å². The molecule has 5 rings (SSSR count). The molecule has 0 bridgehead atoms. The van der Waals surface area contributed by atoms with Crippen LogP contribution in [0.15, 0.2) is 56.7 Å². The summed E-state index contributed by atoms with van der Waals surface area (Å²) < 4.78 is 3.57. The highest BCUT2D eigenvalue weighted by atomic mass is 35.5. The van der Waals surface area contributed by atoms with E-state index in [-0.39, 0.29) is 23.2 Å². The molecule has 7 nitrogen and oxygen atoms in total. The van der Waals surface area contributed by atoms with Gasteiger partial charge in [-0.1, -0.05) is 11.6 Å². The fourth-order valence-corrected chi connectivity index (χ4v) is 5.13. The van der Waals surface area contributed by atoms with E-state index in [0.717, 1.165) is 55.1 Å². The molecule has 8 heteroatoms. The second-order valence-electron chi connectivity index (χ2n) is 8.85. The van der Waals surface area contributed by atoms with Crippen molar-refractivity contribution in [3.8, 4) is 0 Å². The first-order chi connectivity index (χ1) is 15.0. The van der Waals surface area contributed by atoms with Crippen molar-refractivity contribution in [1.29, 1.82) is 0 Å². The number of pyridine rings is 2. The molecule has 2 N–H and O–H groups in total. The second-order valence-corrected chi connectivity index (χ2v) is 9.29. The Bertz CT molecular complexity index is 1170. The van der Waals surface area contributed by atoms with Crippen LogP contribution in [0.2, 0.25) is 0 Å². The summed E-state index contributed by atoms with van der Waals surface area (Å²) in [7, 11) is 0. The molecule has 1 fully saturated rings. The largest absolute Gasteiger partial charge is 0.383 e. The average Bonchev–Trinajstić information content (AvgIpc) is 3.15. The van der Waals surface area contributed by atoms with Gasteiger partial charge in [0, 0.05) is 54.4 Å². The first-order valence-electron chi connectivity index (χ1n) is 11.0. The minimum atomic E-state index is -0.0349. The standard InChI is InChI=1S/C23H28ClN5O2/c1-15-20(24)10-16(11-25-15)12-26-18-6-8-27(9-7-18)13-19-14-28-21(30)4-2-17-3-5-22(31)29(19)23(17)28/h2-5,10-11,15,18-19,25-26H,6-9,12-14H2,1H3. The Balaban J connectivity index is 1.19. The highest BCUT2D eigenvalue weighted by Gasteiger charge is 2.29. The van der Waals surface area contributed by atoms with Gasteiger partial charge in [-0.05, 0) is 56.6 Å². The number of hydrogen-bond acceptors (Lipinski definition) is 5. The molecule has 0 aliphatic carbocycles. The number of aromatic nitrogens is 2. The summed E-state index contributed by atoms with van der Waals surface area (Å²) in [5.41, 5.74) is 1.87. The molecule has 0 amide bonds. The van der Waals surface area contributed by atoms with Crippen molar-refractivity contribution in [2.45, 2.75) is 44.4 Å². The molecule has 5 heterocycles. The zero-order valence-corrected chi connectivity index (χ0v) is 18.4. The third kappa shape index (κ3) is 3.97. The van der Waals surface area contributed by atoms with Crippen LogP contribution in [-0.4, -0.2) is 52.3 Å². The van der Waals surface area contributed by atoms with Gasteiger partial charge >= 0.3 is 0 Å². The summed E-state index contributed by atoms with van der Waals surface area (Å²) in [5.74, 6) is 0. The van der Waals surface area contributed by atoms with Crippen molar-refractivity contribution < 1.29 is 0 Å². The zero-order valence-electron chi connectivity index (χ0n) is 17.7. The van der Waals surface area contributed by atoms with Crippen LogP contribution in [0.3, 0.4) is 0 Å². The van der Waals surface area contributed by atoms with Crippen molar-refractivity contribution in [2.24, 2.45) is 0 Å². The lowest BCUT2D eigenvalue weighted by molar-refractivity contribution is 0.173. The molecule has 0 aromatic carbocycles. The number of dihydropyridines is 1. The van der Waals surface area contributed by atoms with Gasteiger partial charge < -0.3 is 15.5 Å². The monoisotopic (exact) mass is 441 g/mol. The number of likely N-dealkylation sites (tertiary alicyclic amines) is 1. The summed E-state index contributed by atoms with van der Waals surface area (Å²) in [6.07, 6.45) is 6.21. The molecule has 2 aromatic rings. The lowest BCUT2D eigenvalue weighted by Crippen LogP contribution is -2.45. The van der Waals surface area contributed by atoms with Gasteiger partial charge in [-0.2, -0.15) is 0 Å². The predicted molar refractivity (Wildman–Crippen MR) is 124 cm³/mol. The van der Waals surface area contributed by atoms with Crippen molar-refractivity contribution in [3.05, 3.63) is 67.9 Å². The first-order valence-corrected chi connectivity index (χ1v) is 11.4. The molecule has 0 radical (unpaired) electrons. The van der Waals surface area contributed by atoms with Crippen LogP contribution >= 0.6 is 11.6 Å². The molecule has 3 aliphatic heterocycles. The number of rotatable bonds is 5. The van der Waals surface area contributed by atoms with E-state index in [1.54, 1.807) is 16.7 Å². The maximum absolute atomic E-state index is 12.6. The van der Waals surface area contributed by atoms with Crippen LogP contribution in [-0.2, 0) is 6.54 Å². The highest BCUT2D eigenvalue weighted by Crippen LogP contribution is 2.25. The molecule has 2 aromatic heterocycles. The van der Waals surface area contributed by atoms with Crippen LogP contribution in [0.1, 0.15) is 25.8 Å². The second kappa shape index (κ2) is 8.30. The molecular formula is C23H28ClN5O2. The topological polar surface area (TPSA) is 71.3 Å². The van der Waals surface area contributed by atoms with E-state index in [0.29, 0.717) is 12.6 Å². The van der Waals surface area contributed by atoms with E-state index < -0.39 is 0 Å². The summed E-state index contributed by atoms with van der Waals surface area (Å²) in [6, 6.07) is 7.48. The molecule has 3 aliphatic rings. The van der Waals surface area contributed by atoms with E-state index in [2.05, 4.69) is 15.5 Å². The van der Waals surface area contributed by atoms with E-state index in [1.807, 2.05) is 35.9 Å². The molecule has 0 spiro atoms. The number of halogens is 1. The van der Waals surface area contributed by atoms with Crippen LogP contribution in [0.25, 0.3) is 11.0 Å². The Labute approximate surface area is 186 Å². The van der Waals surface area contributed by atoms with Crippen molar-refractivity contribution in [1.82, 2.24) is 24.7 Å². The van der Waals surface area contributed by atoms with Crippen molar-refractivity contribution >= 4 is 22.6 Å². The molecule has 2 unspecified atom stereocenters. The fourth-order valence-electron chi connectivity index (χ4n) is 4.93. The molecule has 0 saturated carbocycles. The minimum absolute atomic E-state index is 0.00328. The lowest BCUT2D eigenvalue weighted by Gasteiger charge is -2.34. The SMILES string of the molecule is CC1NC=C(CNC2CCN(CC3Cn4c(=O)ccc5ccc(=O)n3c54)CC2)C=C1Cl. The maximum Gasteiger partial charge on any atom is 0.252 e. The summed E-state index contributed by atoms with van der Waals surface area (Å²) in [6.45, 7) is 6.17. The predicted octanol–water partition coefficient (Wildman–Crippen LogP) is 1.77. The van der Waals surface area contributed by atoms with Crippen molar-refractivity contribution in [3.63, 3.8) is 0 Å². The molecular weight excluding hydrogens is 414 g/mol. The van der Waals surface area contributed by atoms with Gasteiger partial charge in [0.2, 0.25) is 0 Å². The molecule has 31 heavy (non-hydrogen) atoms. The van der Waals surface area contributed by atoms with Gasteiger partial charge in [0.15, 0.2) is 0 Å². The fraction of sp³-hybridized carbons (Fsp3) is 0.478. The molecule has 164 valence electrons. The smallest absolute Gasteiger partial charge is 0.252 e. The Hall–Kier alpha value is -2.35. The highest BCUT2D eigenvalue weighted by molar-refractivity contribution is 6.30. The normalized spacial score (nSPS) is 24.2. The van der Waals surface area contributed by atoms with E-state index in [4.69, 9.17) is 11.6 Å². The third-order valence-electron chi connectivity index (χ3n) is 6.72. The van der Waals surface area contributed by atoms with Gasteiger partial charge in [-0.3, -0.25) is 18.7 Å². The summed E-state index contributed by atoms with van der Waals surface area (Å²) in [4.78, 5) is 27.3. The average molecular weight is 442 g/mol. The number of piperidine rings is 1. The zero-order chi connectivity index (χ0) is 21.5. The Morgan fingerprint density at radius 3 is 2.61 bits per heavy atom. The Morgan fingerprint density at radius 1 is 1.13 bits per heavy atom. The molecule has 2 atom stereocenters. The van der Waals surface area contributed by atoms with Gasteiger partial charge in [0.25, 0.3) is 11.1 Å². The third-order valence-corrected chi connectivity index (χ3v) is 7.16. The Morgan fingerprint density at radius 2 is 1.87 bits per heavy atom. The van der Waals surface area contributed by atoms with E-state index in [1.165, 1.54) is 5.57 Å². The quantitative estimate of drug-likeness (QED) is 0.740. The van der Waals surface area contributed by atoms with Crippen LogP contribution < -0.4 is 21.8 Å².